The first-order valence-corrected chi connectivity index (χ1v) is 12.8. The molecule has 0 bridgehead atoms. The second kappa shape index (κ2) is 10.9. The number of halogens is 1. The Kier molecular flexibility index (Phi) is 8.49. The van der Waals surface area contributed by atoms with Crippen molar-refractivity contribution in [3.05, 3.63) is 11.2 Å². The highest BCUT2D eigenvalue weighted by molar-refractivity contribution is 7.99. The standard InChI is InChI=1S/C22H35ClN6O2S/c1-15-13-28(10-11-29(15)21(31)27-22(2,3)4)18-12-17(23)25-20(26-18)32-14-19(30)24-16-8-6-5-7-9-16/h12,15-16H,5-11,13-14H2,1-4H3,(H,24,30)(H,27,31). The number of hydrogen-bond donors (Lipinski definition) is 2. The van der Waals surface area contributed by atoms with E-state index in [0.29, 0.717) is 36.0 Å². The van der Waals surface area contributed by atoms with Gasteiger partial charge in [-0.05, 0) is 40.5 Å². The maximum atomic E-state index is 12.6. The molecule has 8 nitrogen and oxygen atoms in total. The van der Waals surface area contributed by atoms with E-state index in [2.05, 4.69) is 25.5 Å². The van der Waals surface area contributed by atoms with Crippen LogP contribution in [-0.4, -0.2) is 69.8 Å². The molecule has 2 N–H and O–H groups in total. The summed E-state index contributed by atoms with van der Waals surface area (Å²) < 4.78 is 0. The third kappa shape index (κ3) is 7.40. The second-order valence-corrected chi connectivity index (χ2v) is 11.0. The molecule has 1 aromatic heterocycles. The minimum atomic E-state index is -0.274. The summed E-state index contributed by atoms with van der Waals surface area (Å²) in [5.41, 5.74) is -0.274. The molecule has 1 aromatic rings. The van der Waals surface area contributed by atoms with E-state index in [1.165, 1.54) is 31.0 Å². The smallest absolute Gasteiger partial charge is 0.318 e. The van der Waals surface area contributed by atoms with Crippen molar-refractivity contribution < 1.29 is 9.59 Å². The Morgan fingerprint density at radius 3 is 2.56 bits per heavy atom. The molecule has 2 heterocycles. The molecule has 32 heavy (non-hydrogen) atoms. The minimum Gasteiger partial charge on any atom is -0.353 e. The Hall–Kier alpha value is -1.74. The number of carbonyl (C=O) groups is 2. The van der Waals surface area contributed by atoms with Gasteiger partial charge in [-0.25, -0.2) is 14.8 Å². The summed E-state index contributed by atoms with van der Waals surface area (Å²) in [5, 5.41) is 6.99. The summed E-state index contributed by atoms with van der Waals surface area (Å²) in [4.78, 5) is 37.8. The van der Waals surface area contributed by atoms with E-state index in [1.54, 1.807) is 6.07 Å². The van der Waals surface area contributed by atoms with E-state index in [9.17, 15) is 9.59 Å². The molecule has 1 unspecified atom stereocenters. The highest BCUT2D eigenvalue weighted by Crippen LogP contribution is 2.24. The molecule has 0 aromatic carbocycles. The third-order valence-corrected chi connectivity index (χ3v) is 6.70. The van der Waals surface area contributed by atoms with Crippen LogP contribution in [-0.2, 0) is 4.79 Å². The van der Waals surface area contributed by atoms with Crippen molar-refractivity contribution in [1.29, 1.82) is 0 Å². The van der Waals surface area contributed by atoms with E-state index in [-0.39, 0.29) is 29.3 Å². The number of amides is 3. The Balaban J connectivity index is 1.56. The molecule has 0 radical (unpaired) electrons. The molecule has 1 atom stereocenters. The average molecular weight is 483 g/mol. The van der Waals surface area contributed by atoms with Gasteiger partial charge in [0.1, 0.15) is 11.0 Å². The Morgan fingerprint density at radius 1 is 1.19 bits per heavy atom. The first kappa shape index (κ1) is 24.9. The molecule has 178 valence electrons. The van der Waals surface area contributed by atoms with Gasteiger partial charge in [0.15, 0.2) is 5.16 Å². The molecule has 2 fully saturated rings. The third-order valence-electron chi connectivity index (χ3n) is 5.66. The van der Waals surface area contributed by atoms with Crippen LogP contribution in [0.5, 0.6) is 0 Å². The molecule has 1 saturated heterocycles. The van der Waals surface area contributed by atoms with E-state index in [1.807, 2.05) is 32.6 Å². The Bertz CT molecular complexity index is 812. The van der Waals surface area contributed by atoms with E-state index in [4.69, 9.17) is 11.6 Å². The largest absolute Gasteiger partial charge is 0.353 e. The van der Waals surface area contributed by atoms with Crippen LogP contribution in [0.25, 0.3) is 0 Å². The first-order valence-electron chi connectivity index (χ1n) is 11.4. The Morgan fingerprint density at radius 2 is 1.91 bits per heavy atom. The molecule has 1 aliphatic heterocycles. The van der Waals surface area contributed by atoms with Crippen LogP contribution in [0.3, 0.4) is 0 Å². The number of rotatable bonds is 5. The van der Waals surface area contributed by atoms with E-state index in [0.717, 1.165) is 18.7 Å². The van der Waals surface area contributed by atoms with Gasteiger partial charge >= 0.3 is 6.03 Å². The number of nitrogens with zero attached hydrogens (tertiary/aromatic N) is 4. The zero-order chi connectivity index (χ0) is 23.3. The average Bonchev–Trinajstić information content (AvgIpc) is 2.71. The van der Waals surface area contributed by atoms with Crippen molar-refractivity contribution in [1.82, 2.24) is 25.5 Å². The van der Waals surface area contributed by atoms with Crippen molar-refractivity contribution in [3.63, 3.8) is 0 Å². The summed E-state index contributed by atoms with van der Waals surface area (Å²) in [5.74, 6) is 1.01. The summed E-state index contributed by atoms with van der Waals surface area (Å²) in [6, 6.07) is 2.01. The lowest BCUT2D eigenvalue weighted by Crippen LogP contribution is -2.59. The highest BCUT2D eigenvalue weighted by Gasteiger charge is 2.30. The van der Waals surface area contributed by atoms with Crippen LogP contribution in [0.2, 0.25) is 5.15 Å². The van der Waals surface area contributed by atoms with Crippen LogP contribution in [0.4, 0.5) is 10.6 Å². The van der Waals surface area contributed by atoms with Gasteiger partial charge in [-0.3, -0.25) is 4.79 Å². The number of aromatic nitrogens is 2. The fourth-order valence-electron chi connectivity index (χ4n) is 4.12. The molecule has 3 rings (SSSR count). The molecular weight excluding hydrogens is 448 g/mol. The number of nitrogens with one attached hydrogen (secondary N) is 2. The normalized spacial score (nSPS) is 20.2. The van der Waals surface area contributed by atoms with Crippen LogP contribution >= 0.6 is 23.4 Å². The van der Waals surface area contributed by atoms with Gasteiger partial charge in [-0.1, -0.05) is 42.6 Å². The van der Waals surface area contributed by atoms with Crippen molar-refractivity contribution in [2.24, 2.45) is 0 Å². The lowest BCUT2D eigenvalue weighted by atomic mass is 9.95. The zero-order valence-electron chi connectivity index (χ0n) is 19.5. The quantitative estimate of drug-likeness (QED) is 0.378. The Labute approximate surface area is 200 Å². The van der Waals surface area contributed by atoms with Crippen molar-refractivity contribution in [3.8, 4) is 0 Å². The zero-order valence-corrected chi connectivity index (χ0v) is 21.1. The van der Waals surface area contributed by atoms with Gasteiger partial charge in [0.25, 0.3) is 0 Å². The van der Waals surface area contributed by atoms with Gasteiger partial charge in [0, 0.05) is 43.3 Å². The van der Waals surface area contributed by atoms with Crippen molar-refractivity contribution in [2.45, 2.75) is 82.6 Å². The summed E-state index contributed by atoms with van der Waals surface area (Å²) >= 11 is 7.56. The SMILES string of the molecule is CC1CN(c2cc(Cl)nc(SCC(=O)NC3CCCCC3)n2)CCN1C(=O)NC(C)(C)C. The van der Waals surface area contributed by atoms with Crippen molar-refractivity contribution in [2.75, 3.05) is 30.3 Å². The van der Waals surface area contributed by atoms with E-state index < -0.39 is 0 Å². The van der Waals surface area contributed by atoms with Gasteiger partial charge in [0.05, 0.1) is 5.75 Å². The number of hydrogen-bond acceptors (Lipinski definition) is 6. The highest BCUT2D eigenvalue weighted by atomic mass is 35.5. The van der Waals surface area contributed by atoms with Gasteiger partial charge in [-0.15, -0.1) is 0 Å². The summed E-state index contributed by atoms with van der Waals surface area (Å²) in [6.07, 6.45) is 5.75. The summed E-state index contributed by atoms with van der Waals surface area (Å²) in [6.45, 7) is 9.86. The molecule has 0 spiro atoms. The first-order chi connectivity index (χ1) is 15.1. The monoisotopic (exact) mass is 482 g/mol. The fourth-order valence-corrected chi connectivity index (χ4v) is 5.01. The van der Waals surface area contributed by atoms with Crippen LogP contribution < -0.4 is 15.5 Å². The second-order valence-electron chi connectivity index (χ2n) is 9.69. The van der Waals surface area contributed by atoms with Gasteiger partial charge in [0.2, 0.25) is 5.91 Å². The van der Waals surface area contributed by atoms with Crippen LogP contribution in [0.1, 0.15) is 59.8 Å². The molecular formula is C22H35ClN6O2S. The summed E-state index contributed by atoms with van der Waals surface area (Å²) in [7, 11) is 0. The van der Waals surface area contributed by atoms with Gasteiger partial charge in [-0.2, -0.15) is 0 Å². The predicted molar refractivity (Wildman–Crippen MR) is 129 cm³/mol. The maximum Gasteiger partial charge on any atom is 0.318 e. The number of thioether (sulfide) groups is 1. The molecule has 1 aliphatic carbocycles. The topological polar surface area (TPSA) is 90.5 Å². The van der Waals surface area contributed by atoms with Gasteiger partial charge < -0.3 is 20.4 Å². The van der Waals surface area contributed by atoms with Crippen LogP contribution in [0, 0.1) is 0 Å². The predicted octanol–water partition coefficient (Wildman–Crippen LogP) is 3.69. The molecule has 1 saturated carbocycles. The maximum absolute atomic E-state index is 12.6. The number of carbonyl (C=O) groups excluding carboxylic acids is 2. The lowest BCUT2D eigenvalue weighted by molar-refractivity contribution is -0.119. The van der Waals surface area contributed by atoms with Crippen molar-refractivity contribution >= 4 is 41.1 Å². The molecule has 2 aliphatic rings. The fraction of sp³-hybridized carbons (Fsp3) is 0.727. The van der Waals surface area contributed by atoms with Crippen LogP contribution in [0.15, 0.2) is 11.2 Å². The molecule has 10 heteroatoms. The lowest BCUT2D eigenvalue weighted by Gasteiger charge is -2.41. The number of piperazine rings is 1. The number of urea groups is 1. The van der Waals surface area contributed by atoms with E-state index >= 15 is 0 Å². The molecule has 3 amide bonds. The minimum absolute atomic E-state index is 0.0131. The number of anilines is 1.